The molecule has 3 aromatic heterocycles. The zero-order valence-electron chi connectivity index (χ0n) is 11.3. The molecule has 0 saturated carbocycles. The number of thiophene rings is 1. The van der Waals surface area contributed by atoms with Crippen LogP contribution in [0.15, 0.2) is 28.1 Å². The predicted molar refractivity (Wildman–Crippen MR) is 79.4 cm³/mol. The van der Waals surface area contributed by atoms with E-state index >= 15 is 0 Å². The van der Waals surface area contributed by atoms with Crippen LogP contribution in [0.1, 0.15) is 18.3 Å². The van der Waals surface area contributed by atoms with Gasteiger partial charge in [-0.05, 0) is 30.9 Å². The van der Waals surface area contributed by atoms with Crippen LogP contribution in [-0.2, 0) is 6.42 Å². The van der Waals surface area contributed by atoms with Gasteiger partial charge in [0.05, 0.1) is 17.0 Å². The third-order valence-electron chi connectivity index (χ3n) is 3.07. The average molecular weight is 286 g/mol. The van der Waals surface area contributed by atoms with Gasteiger partial charge in [0.25, 0.3) is 0 Å². The Morgan fingerprint density at radius 2 is 2.20 bits per heavy atom. The zero-order valence-corrected chi connectivity index (χ0v) is 12.1. The molecular weight excluding hydrogens is 272 g/mol. The topological polar surface area (TPSA) is 77.8 Å². The van der Waals surface area contributed by atoms with Crippen molar-refractivity contribution in [2.45, 2.75) is 20.3 Å². The Hall–Kier alpha value is -2.21. The van der Waals surface area contributed by atoms with Gasteiger partial charge in [-0.15, -0.1) is 11.3 Å². The van der Waals surface area contributed by atoms with Crippen LogP contribution in [0.5, 0.6) is 0 Å². The Bertz CT molecular complexity index is 734. The highest BCUT2D eigenvalue weighted by Gasteiger charge is 2.21. The molecule has 102 valence electrons. The molecule has 0 unspecified atom stereocenters. The highest BCUT2D eigenvalue weighted by molar-refractivity contribution is 7.13. The van der Waals surface area contributed by atoms with E-state index in [1.54, 1.807) is 11.3 Å². The first kappa shape index (κ1) is 12.8. The van der Waals surface area contributed by atoms with Gasteiger partial charge in [0, 0.05) is 10.4 Å². The molecule has 3 rings (SSSR count). The first-order valence-corrected chi connectivity index (χ1v) is 7.21. The van der Waals surface area contributed by atoms with Crippen molar-refractivity contribution in [3.05, 3.63) is 35.0 Å². The summed E-state index contributed by atoms with van der Waals surface area (Å²) in [7, 11) is 0. The van der Waals surface area contributed by atoms with Crippen LogP contribution >= 0.6 is 11.3 Å². The maximum absolute atomic E-state index is 5.94. The molecule has 0 bridgehead atoms. The van der Waals surface area contributed by atoms with E-state index in [-0.39, 0.29) is 0 Å². The number of nitrogens with two attached hydrogens (primary N) is 1. The van der Waals surface area contributed by atoms with Gasteiger partial charge in [-0.3, -0.25) is 0 Å². The Labute approximate surface area is 120 Å². The quantitative estimate of drug-likeness (QED) is 0.799. The molecule has 20 heavy (non-hydrogen) atoms. The molecule has 0 aromatic carbocycles. The predicted octanol–water partition coefficient (Wildman–Crippen LogP) is 3.31. The molecule has 3 aromatic rings. The summed E-state index contributed by atoms with van der Waals surface area (Å²) in [6, 6.07) is 5.96. The highest BCUT2D eigenvalue weighted by atomic mass is 32.1. The van der Waals surface area contributed by atoms with E-state index < -0.39 is 0 Å². The van der Waals surface area contributed by atoms with Gasteiger partial charge in [0.2, 0.25) is 5.88 Å². The largest absolute Gasteiger partial charge is 0.367 e. The first-order valence-electron chi connectivity index (χ1n) is 6.33. The van der Waals surface area contributed by atoms with Crippen LogP contribution in [0.2, 0.25) is 0 Å². The van der Waals surface area contributed by atoms with E-state index in [1.807, 2.05) is 37.4 Å². The van der Waals surface area contributed by atoms with Crippen molar-refractivity contribution in [2.24, 2.45) is 0 Å². The SMILES string of the molecule is CCc1nnc(C)cc1-c1noc(N)c1-c1cccs1. The Morgan fingerprint density at radius 3 is 2.90 bits per heavy atom. The van der Waals surface area contributed by atoms with Crippen LogP contribution in [0.3, 0.4) is 0 Å². The van der Waals surface area contributed by atoms with E-state index in [9.17, 15) is 0 Å². The van der Waals surface area contributed by atoms with Crippen LogP contribution in [-0.4, -0.2) is 15.4 Å². The van der Waals surface area contributed by atoms with Crippen LogP contribution < -0.4 is 5.73 Å². The fourth-order valence-corrected chi connectivity index (χ4v) is 2.90. The van der Waals surface area contributed by atoms with Crippen LogP contribution in [0, 0.1) is 6.92 Å². The third-order valence-corrected chi connectivity index (χ3v) is 3.96. The molecule has 0 amide bonds. The number of anilines is 1. The molecule has 0 fully saturated rings. The second-order valence-corrected chi connectivity index (χ2v) is 5.40. The molecular formula is C14H14N4OS. The zero-order chi connectivity index (χ0) is 14.1. The van der Waals surface area contributed by atoms with Gasteiger partial charge in [0.1, 0.15) is 5.69 Å². The van der Waals surface area contributed by atoms with Crippen molar-refractivity contribution in [1.82, 2.24) is 15.4 Å². The summed E-state index contributed by atoms with van der Waals surface area (Å²) in [6.45, 7) is 3.95. The van der Waals surface area contributed by atoms with Gasteiger partial charge < -0.3 is 10.3 Å². The minimum atomic E-state index is 0.332. The Balaban J connectivity index is 2.24. The van der Waals surface area contributed by atoms with Crippen molar-refractivity contribution < 1.29 is 4.52 Å². The summed E-state index contributed by atoms with van der Waals surface area (Å²) in [4.78, 5) is 1.04. The number of rotatable bonds is 3. The number of nitrogen functional groups attached to an aromatic ring is 1. The lowest BCUT2D eigenvalue weighted by Gasteiger charge is -2.05. The summed E-state index contributed by atoms with van der Waals surface area (Å²) in [5.41, 5.74) is 10.2. The number of aromatic nitrogens is 3. The molecule has 0 atom stereocenters. The lowest BCUT2D eigenvalue weighted by molar-refractivity contribution is 0.439. The number of hydrogen-bond acceptors (Lipinski definition) is 6. The molecule has 6 heteroatoms. The van der Waals surface area contributed by atoms with E-state index in [0.29, 0.717) is 5.88 Å². The van der Waals surface area contributed by atoms with Crippen molar-refractivity contribution in [3.8, 4) is 21.7 Å². The number of hydrogen-bond donors (Lipinski definition) is 1. The molecule has 5 nitrogen and oxygen atoms in total. The molecule has 0 spiro atoms. The van der Waals surface area contributed by atoms with Crippen molar-refractivity contribution in [2.75, 3.05) is 5.73 Å². The number of aryl methyl sites for hydroxylation is 2. The normalized spacial score (nSPS) is 10.9. The summed E-state index contributed by atoms with van der Waals surface area (Å²) in [5.74, 6) is 0.332. The van der Waals surface area contributed by atoms with E-state index in [2.05, 4.69) is 15.4 Å². The minimum absolute atomic E-state index is 0.332. The molecule has 0 saturated heterocycles. The summed E-state index contributed by atoms with van der Waals surface area (Å²) >= 11 is 1.61. The van der Waals surface area contributed by atoms with Gasteiger partial charge in [-0.1, -0.05) is 18.1 Å². The van der Waals surface area contributed by atoms with Gasteiger partial charge in [-0.25, -0.2) is 0 Å². The molecule has 0 aliphatic carbocycles. The average Bonchev–Trinajstić information content (AvgIpc) is 3.07. The van der Waals surface area contributed by atoms with Gasteiger partial charge in [0.15, 0.2) is 0 Å². The molecule has 0 aliphatic heterocycles. The van der Waals surface area contributed by atoms with E-state index in [4.69, 9.17) is 10.3 Å². The first-order chi connectivity index (χ1) is 9.70. The third kappa shape index (κ3) is 2.08. The lowest BCUT2D eigenvalue weighted by Crippen LogP contribution is -1.98. The second kappa shape index (κ2) is 5.05. The Morgan fingerprint density at radius 1 is 1.35 bits per heavy atom. The van der Waals surface area contributed by atoms with E-state index in [1.165, 1.54) is 0 Å². The molecule has 0 aliphatic rings. The fourth-order valence-electron chi connectivity index (χ4n) is 2.13. The van der Waals surface area contributed by atoms with Crippen molar-refractivity contribution in [1.29, 1.82) is 0 Å². The lowest BCUT2D eigenvalue weighted by atomic mass is 10.0. The minimum Gasteiger partial charge on any atom is -0.367 e. The molecule has 2 N–H and O–H groups in total. The molecule has 3 heterocycles. The standard InChI is InChI=1S/C14H14N4OS/c1-3-10-9(7-8(2)16-17-10)13-12(14(15)19-18-13)11-5-4-6-20-11/h4-7H,3,15H2,1-2H3. The summed E-state index contributed by atoms with van der Waals surface area (Å²) in [5, 5.41) is 14.5. The Kier molecular flexibility index (Phi) is 3.23. The van der Waals surface area contributed by atoms with Crippen molar-refractivity contribution in [3.63, 3.8) is 0 Å². The van der Waals surface area contributed by atoms with Crippen molar-refractivity contribution >= 4 is 17.2 Å². The van der Waals surface area contributed by atoms with Crippen LogP contribution in [0.25, 0.3) is 21.7 Å². The summed E-state index contributed by atoms with van der Waals surface area (Å²) in [6.07, 6.45) is 0.777. The molecule has 0 radical (unpaired) electrons. The van der Waals surface area contributed by atoms with Crippen LogP contribution in [0.4, 0.5) is 5.88 Å². The van der Waals surface area contributed by atoms with Gasteiger partial charge in [-0.2, -0.15) is 10.2 Å². The number of nitrogens with zero attached hydrogens (tertiary/aromatic N) is 3. The van der Waals surface area contributed by atoms with Gasteiger partial charge >= 0.3 is 0 Å². The second-order valence-electron chi connectivity index (χ2n) is 4.45. The summed E-state index contributed by atoms with van der Waals surface area (Å²) < 4.78 is 5.20. The highest BCUT2D eigenvalue weighted by Crippen LogP contribution is 2.39. The maximum Gasteiger partial charge on any atom is 0.231 e. The monoisotopic (exact) mass is 286 g/mol. The smallest absolute Gasteiger partial charge is 0.231 e. The maximum atomic E-state index is 5.94. The fraction of sp³-hybridized carbons (Fsp3) is 0.214. The van der Waals surface area contributed by atoms with E-state index in [0.717, 1.165) is 39.5 Å².